The van der Waals surface area contributed by atoms with Gasteiger partial charge in [-0.2, -0.15) is 0 Å². The number of hydrogen-bond acceptors (Lipinski definition) is 5. The van der Waals surface area contributed by atoms with Gasteiger partial charge in [-0.1, -0.05) is 12.1 Å². The molecule has 1 aliphatic rings. The number of fused-ring (bicyclic) bond motifs is 1. The summed E-state index contributed by atoms with van der Waals surface area (Å²) in [6.45, 7) is 7.91. The van der Waals surface area contributed by atoms with Gasteiger partial charge in [0.05, 0.1) is 33.5 Å². The van der Waals surface area contributed by atoms with Gasteiger partial charge < -0.3 is 14.4 Å². The Morgan fingerprint density at radius 2 is 1.95 bits per heavy atom. The van der Waals surface area contributed by atoms with Crippen LogP contribution in [-0.2, 0) is 9.31 Å². The number of hydrogen-bond donors (Lipinski definition) is 1. The Kier molecular flexibility index (Phi) is 3.89. The van der Waals surface area contributed by atoms with E-state index in [2.05, 4.69) is 4.98 Å². The molecule has 0 bridgehead atoms. The number of nitrogens with zero attached hydrogens (tertiary/aromatic N) is 1. The predicted molar refractivity (Wildman–Crippen MR) is 90.8 cm³/mol. The average Bonchev–Trinajstić information content (AvgIpc) is 2.98. The Hall–Kier alpha value is -1.21. The monoisotopic (exact) mass is 317 g/mol. The summed E-state index contributed by atoms with van der Waals surface area (Å²) in [5.74, 6) is 0. The van der Waals surface area contributed by atoms with Crippen molar-refractivity contribution in [3.63, 3.8) is 0 Å². The van der Waals surface area contributed by atoms with Gasteiger partial charge in [0.25, 0.3) is 0 Å². The van der Waals surface area contributed by atoms with Crippen molar-refractivity contribution in [3.05, 3.63) is 34.7 Å². The van der Waals surface area contributed by atoms with Crippen LogP contribution < -0.4 is 0 Å². The fourth-order valence-corrected chi connectivity index (χ4v) is 3.02. The minimum Gasteiger partial charge on any atom is -0.400 e. The van der Waals surface area contributed by atoms with Gasteiger partial charge >= 0.3 is 7.12 Å². The lowest BCUT2D eigenvalue weighted by molar-refractivity contribution is 0.00578. The first-order valence-corrected chi connectivity index (χ1v) is 8.20. The number of thiazole rings is 1. The van der Waals surface area contributed by atoms with E-state index >= 15 is 0 Å². The van der Waals surface area contributed by atoms with E-state index in [4.69, 9.17) is 9.31 Å². The molecule has 1 fully saturated rings. The second-order valence-electron chi connectivity index (χ2n) is 6.55. The molecule has 0 saturated carbocycles. The molecule has 1 aliphatic heterocycles. The molecule has 22 heavy (non-hydrogen) atoms. The smallest absolute Gasteiger partial charge is 0.400 e. The standard InChI is InChI=1S/C16H20BNO3S/c1-15(2)16(3,4)21-17(20-15)12(9-19)7-11-5-6-14-13(8-11)18-10-22-14/h5-8,10,19H,9H2,1-4H3. The highest BCUT2D eigenvalue weighted by Gasteiger charge is 2.52. The molecule has 0 aliphatic carbocycles. The third-order valence-electron chi connectivity index (χ3n) is 4.45. The largest absolute Gasteiger partial charge is 0.492 e. The van der Waals surface area contributed by atoms with E-state index in [9.17, 15) is 5.11 Å². The quantitative estimate of drug-likeness (QED) is 0.883. The Morgan fingerprint density at radius 3 is 2.59 bits per heavy atom. The average molecular weight is 317 g/mol. The van der Waals surface area contributed by atoms with E-state index in [0.717, 1.165) is 15.8 Å². The molecule has 2 aromatic rings. The minimum atomic E-state index is -0.527. The Balaban J connectivity index is 1.90. The predicted octanol–water partition coefficient (Wildman–Crippen LogP) is 3.30. The molecule has 0 atom stereocenters. The number of benzene rings is 1. The van der Waals surface area contributed by atoms with Crippen LogP contribution >= 0.6 is 11.3 Å². The van der Waals surface area contributed by atoms with Crippen LogP contribution in [0.15, 0.2) is 29.2 Å². The summed E-state index contributed by atoms with van der Waals surface area (Å²) in [7, 11) is -0.527. The van der Waals surface area contributed by atoms with Crippen molar-refractivity contribution in [2.24, 2.45) is 0 Å². The zero-order valence-electron chi connectivity index (χ0n) is 13.3. The summed E-state index contributed by atoms with van der Waals surface area (Å²) in [5.41, 5.74) is 3.67. The SMILES string of the molecule is CC1(C)OB(C(=Cc2ccc3scnc3c2)CO)OC1(C)C. The highest BCUT2D eigenvalue weighted by Crippen LogP contribution is 2.38. The first-order valence-electron chi connectivity index (χ1n) is 7.33. The van der Waals surface area contributed by atoms with Crippen LogP contribution in [0.1, 0.15) is 33.3 Å². The summed E-state index contributed by atoms with van der Waals surface area (Å²) in [4.78, 5) is 4.32. The van der Waals surface area contributed by atoms with Crippen LogP contribution in [-0.4, -0.2) is 35.0 Å². The fourth-order valence-electron chi connectivity index (χ4n) is 2.36. The second-order valence-corrected chi connectivity index (χ2v) is 7.43. The van der Waals surface area contributed by atoms with Crippen molar-refractivity contribution >= 4 is 34.7 Å². The Bertz CT molecular complexity index is 707. The molecule has 0 unspecified atom stereocenters. The van der Waals surface area contributed by atoms with E-state index in [0.29, 0.717) is 5.47 Å². The first-order chi connectivity index (χ1) is 10.3. The molecule has 0 spiro atoms. The van der Waals surface area contributed by atoms with E-state index in [1.165, 1.54) is 0 Å². The minimum absolute atomic E-state index is 0.105. The molecule has 1 aromatic carbocycles. The molecule has 6 heteroatoms. The van der Waals surface area contributed by atoms with Crippen LogP contribution in [0.4, 0.5) is 0 Å². The molecular weight excluding hydrogens is 297 g/mol. The lowest BCUT2D eigenvalue weighted by Crippen LogP contribution is -2.41. The summed E-state index contributed by atoms with van der Waals surface area (Å²) >= 11 is 1.61. The lowest BCUT2D eigenvalue weighted by atomic mass is 9.77. The van der Waals surface area contributed by atoms with Crippen LogP contribution in [0.25, 0.3) is 16.3 Å². The number of aliphatic hydroxyl groups is 1. The van der Waals surface area contributed by atoms with Gasteiger partial charge in [-0.3, -0.25) is 0 Å². The van der Waals surface area contributed by atoms with Crippen LogP contribution in [0.3, 0.4) is 0 Å². The van der Waals surface area contributed by atoms with Crippen molar-refractivity contribution in [1.82, 2.24) is 4.98 Å². The topological polar surface area (TPSA) is 51.6 Å². The first kappa shape index (κ1) is 15.7. The number of rotatable bonds is 3. The third kappa shape index (κ3) is 2.72. The van der Waals surface area contributed by atoms with Gasteiger partial charge in [-0.25, -0.2) is 4.98 Å². The Morgan fingerprint density at radius 1 is 1.27 bits per heavy atom. The highest BCUT2D eigenvalue weighted by atomic mass is 32.1. The number of aromatic nitrogens is 1. The van der Waals surface area contributed by atoms with Crippen LogP contribution in [0, 0.1) is 0 Å². The van der Waals surface area contributed by atoms with Crippen molar-refractivity contribution < 1.29 is 14.4 Å². The van der Waals surface area contributed by atoms with Gasteiger partial charge in [-0.05, 0) is 50.9 Å². The summed E-state index contributed by atoms with van der Waals surface area (Å²) in [6, 6.07) is 6.06. The van der Waals surface area contributed by atoms with Gasteiger partial charge in [0.2, 0.25) is 0 Å². The third-order valence-corrected chi connectivity index (χ3v) is 5.26. The van der Waals surface area contributed by atoms with Crippen LogP contribution in [0.5, 0.6) is 0 Å². The molecule has 0 radical (unpaired) electrons. The fraction of sp³-hybridized carbons (Fsp3) is 0.438. The summed E-state index contributed by atoms with van der Waals surface area (Å²) < 4.78 is 13.1. The van der Waals surface area contributed by atoms with Gasteiger partial charge in [0.1, 0.15) is 0 Å². The molecular formula is C16H20BNO3S. The van der Waals surface area contributed by atoms with Crippen molar-refractivity contribution in [3.8, 4) is 0 Å². The molecule has 1 N–H and O–H groups in total. The van der Waals surface area contributed by atoms with E-state index < -0.39 is 18.3 Å². The second kappa shape index (κ2) is 5.46. The summed E-state index contributed by atoms with van der Waals surface area (Å²) in [6.07, 6.45) is 1.92. The summed E-state index contributed by atoms with van der Waals surface area (Å²) in [5, 5.41) is 9.72. The molecule has 1 aromatic heterocycles. The maximum atomic E-state index is 9.72. The van der Waals surface area contributed by atoms with Gasteiger partial charge in [-0.15, -0.1) is 11.3 Å². The molecule has 0 amide bonds. The van der Waals surface area contributed by atoms with E-state index in [1.54, 1.807) is 11.3 Å². The van der Waals surface area contributed by atoms with Crippen molar-refractivity contribution in [2.75, 3.05) is 6.61 Å². The molecule has 2 heterocycles. The van der Waals surface area contributed by atoms with Gasteiger partial charge in [0, 0.05) is 0 Å². The molecule has 4 nitrogen and oxygen atoms in total. The highest BCUT2D eigenvalue weighted by molar-refractivity contribution is 7.16. The Labute approximate surface area is 134 Å². The maximum Gasteiger partial charge on any atom is 0.492 e. The molecule has 1 saturated heterocycles. The van der Waals surface area contributed by atoms with Crippen molar-refractivity contribution in [1.29, 1.82) is 0 Å². The van der Waals surface area contributed by atoms with Crippen molar-refractivity contribution in [2.45, 2.75) is 38.9 Å². The van der Waals surface area contributed by atoms with Crippen LogP contribution in [0.2, 0.25) is 0 Å². The normalized spacial score (nSPS) is 20.8. The number of aliphatic hydroxyl groups excluding tert-OH is 1. The van der Waals surface area contributed by atoms with E-state index in [-0.39, 0.29) is 6.61 Å². The molecule has 116 valence electrons. The van der Waals surface area contributed by atoms with E-state index in [1.807, 2.05) is 57.5 Å². The molecule has 3 rings (SSSR count). The van der Waals surface area contributed by atoms with Gasteiger partial charge in [0.15, 0.2) is 0 Å². The lowest BCUT2D eigenvalue weighted by Gasteiger charge is -2.32. The zero-order valence-corrected chi connectivity index (χ0v) is 14.1. The maximum absolute atomic E-state index is 9.72. The zero-order chi connectivity index (χ0) is 16.0.